The molecule has 5 nitrogen and oxygen atoms in total. The lowest BCUT2D eigenvalue weighted by Crippen LogP contribution is -2.07. The van der Waals surface area contributed by atoms with E-state index in [4.69, 9.17) is 4.52 Å². The van der Waals surface area contributed by atoms with Crippen molar-refractivity contribution in [2.75, 3.05) is 19.0 Å². The van der Waals surface area contributed by atoms with Crippen molar-refractivity contribution in [2.24, 2.45) is 0 Å². The maximum Gasteiger partial charge on any atom is 0.185 e. The van der Waals surface area contributed by atoms with Crippen molar-refractivity contribution in [2.45, 2.75) is 20.8 Å². The molecule has 0 aliphatic carbocycles. The fraction of sp³-hybridized carbons (Fsp3) is 0.333. The zero-order valence-electron chi connectivity index (χ0n) is 12.8. The number of hydrogen-bond donors (Lipinski definition) is 0. The molecule has 3 heterocycles. The van der Waals surface area contributed by atoms with Crippen molar-refractivity contribution in [1.29, 1.82) is 0 Å². The third-order valence-corrected chi connectivity index (χ3v) is 4.43. The molecule has 0 unspecified atom stereocenters. The van der Waals surface area contributed by atoms with Gasteiger partial charge in [-0.3, -0.25) is 4.57 Å². The van der Waals surface area contributed by atoms with Crippen molar-refractivity contribution in [3.8, 4) is 17.1 Å². The molecule has 3 aromatic heterocycles. The fourth-order valence-electron chi connectivity index (χ4n) is 2.43. The van der Waals surface area contributed by atoms with Gasteiger partial charge in [-0.2, -0.15) is 0 Å². The summed E-state index contributed by atoms with van der Waals surface area (Å²) in [5, 5.41) is 7.21. The van der Waals surface area contributed by atoms with E-state index in [1.54, 1.807) is 11.3 Å². The average molecular weight is 302 g/mol. The first-order valence-electron chi connectivity index (χ1n) is 6.73. The van der Waals surface area contributed by atoms with Crippen LogP contribution in [0.4, 0.5) is 5.13 Å². The predicted octanol–water partition coefficient (Wildman–Crippen LogP) is 3.58. The summed E-state index contributed by atoms with van der Waals surface area (Å²) in [6.07, 6.45) is 0. The summed E-state index contributed by atoms with van der Waals surface area (Å²) in [6, 6.07) is 4.09. The molecule has 0 aromatic carbocycles. The first-order chi connectivity index (χ1) is 9.97. The van der Waals surface area contributed by atoms with Gasteiger partial charge in [0.25, 0.3) is 0 Å². The van der Waals surface area contributed by atoms with Gasteiger partial charge < -0.3 is 9.42 Å². The Morgan fingerprint density at radius 1 is 1.19 bits per heavy atom. The Kier molecular flexibility index (Phi) is 3.33. The summed E-state index contributed by atoms with van der Waals surface area (Å²) in [5.74, 6) is 1.62. The van der Waals surface area contributed by atoms with Crippen LogP contribution in [0.3, 0.4) is 0 Å². The zero-order chi connectivity index (χ0) is 15.1. The van der Waals surface area contributed by atoms with E-state index in [9.17, 15) is 0 Å². The van der Waals surface area contributed by atoms with Crippen molar-refractivity contribution >= 4 is 16.5 Å². The van der Waals surface area contributed by atoms with Gasteiger partial charge in [0, 0.05) is 42.5 Å². The molecule has 3 rings (SSSR count). The Morgan fingerprint density at radius 3 is 2.52 bits per heavy atom. The van der Waals surface area contributed by atoms with Crippen molar-refractivity contribution in [1.82, 2.24) is 14.7 Å². The van der Waals surface area contributed by atoms with Crippen LogP contribution in [-0.2, 0) is 0 Å². The van der Waals surface area contributed by atoms with E-state index in [1.807, 2.05) is 32.0 Å². The number of aromatic nitrogens is 3. The minimum atomic E-state index is 0.808. The molecule has 21 heavy (non-hydrogen) atoms. The monoisotopic (exact) mass is 302 g/mol. The van der Waals surface area contributed by atoms with E-state index in [2.05, 4.69) is 40.0 Å². The highest BCUT2D eigenvalue weighted by Crippen LogP contribution is 2.32. The van der Waals surface area contributed by atoms with Gasteiger partial charge in [0.05, 0.1) is 5.69 Å². The number of hydrogen-bond acceptors (Lipinski definition) is 5. The number of nitrogens with zero attached hydrogens (tertiary/aromatic N) is 4. The number of anilines is 1. The lowest BCUT2D eigenvalue weighted by molar-refractivity contribution is 0.394. The van der Waals surface area contributed by atoms with Crippen LogP contribution in [-0.4, -0.2) is 28.8 Å². The Labute approximate surface area is 127 Å². The number of rotatable bonds is 3. The lowest BCUT2D eigenvalue weighted by Gasteiger charge is -2.06. The first kappa shape index (κ1) is 13.9. The van der Waals surface area contributed by atoms with Crippen LogP contribution in [0.1, 0.15) is 17.1 Å². The third-order valence-electron chi connectivity index (χ3n) is 3.43. The molecule has 0 aliphatic heterocycles. The van der Waals surface area contributed by atoms with Crippen LogP contribution in [0.25, 0.3) is 17.1 Å². The maximum absolute atomic E-state index is 5.19. The molecule has 3 aromatic rings. The van der Waals surface area contributed by atoms with E-state index < -0.39 is 0 Å². The Hall–Kier alpha value is -2.08. The van der Waals surface area contributed by atoms with Gasteiger partial charge >= 0.3 is 0 Å². The number of thiazole rings is 1. The minimum absolute atomic E-state index is 0.808. The minimum Gasteiger partial charge on any atom is -0.360 e. The van der Waals surface area contributed by atoms with Crippen LogP contribution >= 0.6 is 11.3 Å². The molecular weight excluding hydrogens is 284 g/mol. The van der Waals surface area contributed by atoms with Crippen LogP contribution < -0.4 is 4.90 Å². The largest absolute Gasteiger partial charge is 0.360 e. The second-order valence-corrected chi connectivity index (χ2v) is 6.16. The van der Waals surface area contributed by atoms with E-state index >= 15 is 0 Å². The predicted molar refractivity (Wildman–Crippen MR) is 85.5 cm³/mol. The maximum atomic E-state index is 5.19. The summed E-state index contributed by atoms with van der Waals surface area (Å²) in [4.78, 5) is 6.70. The van der Waals surface area contributed by atoms with Crippen LogP contribution in [0.2, 0.25) is 0 Å². The van der Waals surface area contributed by atoms with E-state index in [0.717, 1.165) is 39.4 Å². The second-order valence-electron chi connectivity index (χ2n) is 5.33. The van der Waals surface area contributed by atoms with Gasteiger partial charge in [-0.1, -0.05) is 5.16 Å². The highest BCUT2D eigenvalue weighted by atomic mass is 32.1. The van der Waals surface area contributed by atoms with Gasteiger partial charge in [-0.25, -0.2) is 4.98 Å². The topological polar surface area (TPSA) is 47.1 Å². The summed E-state index contributed by atoms with van der Waals surface area (Å²) in [7, 11) is 4.01. The molecular formula is C15H18N4OS. The molecule has 0 N–H and O–H groups in total. The van der Waals surface area contributed by atoms with Crippen LogP contribution in [0, 0.1) is 20.8 Å². The SMILES string of the molecule is Cc1cc(-n2c(C)cc(-c3csc(N(C)C)n3)c2C)no1. The quantitative estimate of drug-likeness (QED) is 0.742. The van der Waals surface area contributed by atoms with Gasteiger partial charge in [-0.05, 0) is 26.8 Å². The molecule has 6 heteroatoms. The summed E-state index contributed by atoms with van der Waals surface area (Å²) < 4.78 is 7.29. The fourth-order valence-corrected chi connectivity index (χ4v) is 3.19. The van der Waals surface area contributed by atoms with Gasteiger partial charge in [-0.15, -0.1) is 11.3 Å². The Bertz CT molecular complexity index is 782. The molecule has 0 bridgehead atoms. The summed E-state index contributed by atoms with van der Waals surface area (Å²) >= 11 is 1.65. The van der Waals surface area contributed by atoms with Gasteiger partial charge in [0.1, 0.15) is 5.76 Å². The van der Waals surface area contributed by atoms with Gasteiger partial charge in [0.2, 0.25) is 0 Å². The van der Waals surface area contributed by atoms with Gasteiger partial charge in [0.15, 0.2) is 10.9 Å². The molecule has 0 aliphatic rings. The number of aryl methyl sites for hydroxylation is 2. The first-order valence-corrected chi connectivity index (χ1v) is 7.61. The molecule has 110 valence electrons. The second kappa shape index (κ2) is 5.04. The molecule has 0 radical (unpaired) electrons. The van der Waals surface area contributed by atoms with E-state index in [-0.39, 0.29) is 0 Å². The molecule has 0 amide bonds. The van der Waals surface area contributed by atoms with Crippen molar-refractivity contribution in [3.05, 3.63) is 34.7 Å². The highest BCUT2D eigenvalue weighted by molar-refractivity contribution is 7.14. The summed E-state index contributed by atoms with van der Waals surface area (Å²) in [5.41, 5.74) is 4.38. The smallest absolute Gasteiger partial charge is 0.185 e. The summed E-state index contributed by atoms with van der Waals surface area (Å²) in [6.45, 7) is 6.05. The van der Waals surface area contributed by atoms with Crippen molar-refractivity contribution in [3.63, 3.8) is 0 Å². The molecule has 0 saturated carbocycles. The lowest BCUT2D eigenvalue weighted by atomic mass is 10.2. The zero-order valence-corrected chi connectivity index (χ0v) is 13.7. The normalized spacial score (nSPS) is 11.1. The Morgan fingerprint density at radius 2 is 1.95 bits per heavy atom. The Balaban J connectivity index is 2.08. The van der Waals surface area contributed by atoms with Crippen molar-refractivity contribution < 1.29 is 4.52 Å². The third kappa shape index (κ3) is 2.35. The molecule has 0 saturated heterocycles. The van der Waals surface area contributed by atoms with E-state index in [0.29, 0.717) is 0 Å². The van der Waals surface area contributed by atoms with E-state index in [1.165, 1.54) is 0 Å². The molecule has 0 fully saturated rings. The average Bonchev–Trinajstić information content (AvgIpc) is 3.09. The molecule has 0 atom stereocenters. The van der Waals surface area contributed by atoms with Crippen LogP contribution in [0.15, 0.2) is 22.0 Å². The highest BCUT2D eigenvalue weighted by Gasteiger charge is 2.17. The van der Waals surface area contributed by atoms with Crippen LogP contribution in [0.5, 0.6) is 0 Å². The molecule has 0 spiro atoms. The standard InChI is InChI=1S/C15H18N4OS/c1-9-6-12(13-8-21-15(16-13)18(4)5)11(3)19(9)14-7-10(2)20-17-14/h6-8H,1-5H3.